The normalized spacial score (nSPS) is 13.4. The van der Waals surface area contributed by atoms with Crippen molar-refractivity contribution in [2.45, 2.75) is 40.2 Å². The van der Waals surface area contributed by atoms with Crippen molar-refractivity contribution in [3.63, 3.8) is 0 Å². The van der Waals surface area contributed by atoms with Gasteiger partial charge in [-0.05, 0) is 61.7 Å². The summed E-state index contributed by atoms with van der Waals surface area (Å²) in [6.07, 6.45) is 0. The molecule has 1 N–H and O–H groups in total. The molecule has 4 heteroatoms. The molecule has 0 bridgehead atoms. The number of hydrogen-bond acceptors (Lipinski definition) is 4. The Bertz CT molecular complexity index is 745. The molecular weight excluding hydrogens is 338 g/mol. The van der Waals surface area contributed by atoms with Crippen LogP contribution in [0.5, 0.6) is 0 Å². The number of carbonyl (C=O) groups excluding carboxylic acids is 1. The molecule has 27 heavy (non-hydrogen) atoms. The van der Waals surface area contributed by atoms with Gasteiger partial charge in [0.15, 0.2) is 0 Å². The molecule has 0 fully saturated rings. The summed E-state index contributed by atoms with van der Waals surface area (Å²) in [5.74, 6) is -0.636. The van der Waals surface area contributed by atoms with E-state index in [4.69, 9.17) is 4.74 Å². The molecule has 4 nitrogen and oxygen atoms in total. The molecular formula is C23H31NO3. The van der Waals surface area contributed by atoms with Crippen LogP contribution in [-0.4, -0.2) is 42.2 Å². The molecule has 0 heterocycles. The van der Waals surface area contributed by atoms with Gasteiger partial charge in [0.05, 0.1) is 0 Å². The molecule has 146 valence electrons. The zero-order valence-electron chi connectivity index (χ0n) is 17.1. The topological polar surface area (TPSA) is 49.8 Å². The van der Waals surface area contributed by atoms with Gasteiger partial charge in [-0.1, -0.05) is 56.3 Å². The van der Waals surface area contributed by atoms with E-state index in [0.717, 1.165) is 29.8 Å². The quantitative estimate of drug-likeness (QED) is 0.720. The molecule has 0 saturated heterocycles. The fourth-order valence-corrected chi connectivity index (χ4v) is 3.24. The van der Waals surface area contributed by atoms with Gasteiger partial charge in [0.2, 0.25) is 5.60 Å². The number of aryl methyl sites for hydroxylation is 2. The van der Waals surface area contributed by atoms with Crippen LogP contribution < -0.4 is 0 Å². The molecule has 1 atom stereocenters. The van der Waals surface area contributed by atoms with E-state index >= 15 is 0 Å². The second-order valence-electron chi connectivity index (χ2n) is 6.97. The Labute approximate surface area is 162 Å². The molecule has 0 aliphatic rings. The van der Waals surface area contributed by atoms with E-state index in [1.54, 1.807) is 12.1 Å². The summed E-state index contributed by atoms with van der Waals surface area (Å²) >= 11 is 0. The van der Waals surface area contributed by atoms with Gasteiger partial charge < -0.3 is 14.7 Å². The first-order valence-corrected chi connectivity index (χ1v) is 9.60. The highest BCUT2D eigenvalue weighted by atomic mass is 16.5. The molecule has 0 saturated carbocycles. The minimum atomic E-state index is -1.83. The maximum absolute atomic E-state index is 13.0. The van der Waals surface area contributed by atoms with E-state index in [2.05, 4.69) is 18.7 Å². The lowest BCUT2D eigenvalue weighted by Crippen LogP contribution is -2.40. The minimum absolute atomic E-state index is 0.249. The van der Waals surface area contributed by atoms with E-state index in [1.165, 1.54) is 0 Å². The molecule has 0 amide bonds. The van der Waals surface area contributed by atoms with E-state index in [-0.39, 0.29) is 6.61 Å². The van der Waals surface area contributed by atoms with Crippen LogP contribution in [0.4, 0.5) is 0 Å². The standard InChI is InChI=1S/C23H31NO3/c1-6-24(7-2)13-14-27-22(25)23(26,20-11-9-8-10-12-20)21-15-17(3)19(5)18(4)16-21/h8-12,15-16,26H,6-7,13-14H2,1-5H3/t23-/m1/s1. The summed E-state index contributed by atoms with van der Waals surface area (Å²) in [6.45, 7) is 12.9. The van der Waals surface area contributed by atoms with Crippen molar-refractivity contribution in [3.05, 3.63) is 70.3 Å². The van der Waals surface area contributed by atoms with Crippen LogP contribution in [-0.2, 0) is 15.1 Å². The van der Waals surface area contributed by atoms with Crippen LogP contribution in [0.25, 0.3) is 0 Å². The highest BCUT2D eigenvalue weighted by Gasteiger charge is 2.42. The summed E-state index contributed by atoms with van der Waals surface area (Å²) in [5, 5.41) is 11.6. The zero-order valence-corrected chi connectivity index (χ0v) is 17.1. The molecule has 0 aliphatic carbocycles. The summed E-state index contributed by atoms with van der Waals surface area (Å²) in [5.41, 5.74) is 2.46. The molecule has 0 spiro atoms. The third-order valence-corrected chi connectivity index (χ3v) is 5.37. The first kappa shape index (κ1) is 21.1. The van der Waals surface area contributed by atoms with Crippen molar-refractivity contribution in [1.82, 2.24) is 4.90 Å². The Balaban J connectivity index is 2.38. The maximum atomic E-state index is 13.0. The highest BCUT2D eigenvalue weighted by molar-refractivity contribution is 5.85. The number of ether oxygens (including phenoxy) is 1. The van der Waals surface area contributed by atoms with Crippen molar-refractivity contribution in [3.8, 4) is 0 Å². The number of benzene rings is 2. The smallest absolute Gasteiger partial charge is 0.347 e. The monoisotopic (exact) mass is 369 g/mol. The number of esters is 1. The summed E-state index contributed by atoms with van der Waals surface area (Å²) in [4.78, 5) is 15.2. The van der Waals surface area contributed by atoms with Gasteiger partial charge >= 0.3 is 5.97 Å². The molecule has 0 unspecified atom stereocenters. The second-order valence-corrected chi connectivity index (χ2v) is 6.97. The van der Waals surface area contributed by atoms with E-state index in [0.29, 0.717) is 17.7 Å². The van der Waals surface area contributed by atoms with E-state index in [9.17, 15) is 9.90 Å². The summed E-state index contributed by atoms with van der Waals surface area (Å²) in [7, 11) is 0. The van der Waals surface area contributed by atoms with E-state index in [1.807, 2.05) is 51.1 Å². The molecule has 2 rings (SSSR count). The van der Waals surface area contributed by atoms with Crippen molar-refractivity contribution in [2.24, 2.45) is 0 Å². The number of nitrogens with zero attached hydrogens (tertiary/aromatic N) is 1. The molecule has 0 radical (unpaired) electrons. The minimum Gasteiger partial charge on any atom is -0.462 e. The van der Waals surface area contributed by atoms with Gasteiger partial charge in [0, 0.05) is 6.54 Å². The van der Waals surface area contributed by atoms with Crippen LogP contribution in [0.15, 0.2) is 42.5 Å². The lowest BCUT2D eigenvalue weighted by molar-refractivity contribution is -0.162. The Morgan fingerprint density at radius 3 is 2.07 bits per heavy atom. The van der Waals surface area contributed by atoms with Crippen LogP contribution in [0, 0.1) is 20.8 Å². The number of likely N-dealkylation sites (N-methyl/N-ethyl adjacent to an activating group) is 1. The predicted molar refractivity (Wildman–Crippen MR) is 109 cm³/mol. The Morgan fingerprint density at radius 2 is 1.56 bits per heavy atom. The van der Waals surface area contributed by atoms with Crippen LogP contribution in [0.1, 0.15) is 41.7 Å². The molecule has 0 aromatic heterocycles. The number of aliphatic hydroxyl groups is 1. The Hall–Kier alpha value is -2.17. The first-order chi connectivity index (χ1) is 12.8. The fraction of sp³-hybridized carbons (Fsp3) is 0.435. The molecule has 0 aliphatic heterocycles. The van der Waals surface area contributed by atoms with Crippen LogP contribution >= 0.6 is 0 Å². The summed E-state index contributed by atoms with van der Waals surface area (Å²) in [6, 6.07) is 12.8. The number of hydrogen-bond donors (Lipinski definition) is 1. The lowest BCUT2D eigenvalue weighted by atomic mass is 9.84. The fourth-order valence-electron chi connectivity index (χ4n) is 3.24. The second kappa shape index (κ2) is 9.16. The zero-order chi connectivity index (χ0) is 20.0. The SMILES string of the molecule is CCN(CC)CCOC(=O)[C@@](O)(c1ccccc1)c1cc(C)c(C)c(C)c1. The van der Waals surface area contributed by atoms with Gasteiger partial charge in [-0.15, -0.1) is 0 Å². The van der Waals surface area contributed by atoms with Crippen molar-refractivity contribution in [1.29, 1.82) is 0 Å². The predicted octanol–water partition coefficient (Wildman–Crippen LogP) is 3.73. The Kier molecular flexibility index (Phi) is 7.17. The van der Waals surface area contributed by atoms with Crippen molar-refractivity contribution >= 4 is 5.97 Å². The highest BCUT2D eigenvalue weighted by Crippen LogP contribution is 2.33. The molecule has 2 aromatic rings. The van der Waals surface area contributed by atoms with Gasteiger partial charge in [-0.25, -0.2) is 4.79 Å². The van der Waals surface area contributed by atoms with E-state index < -0.39 is 11.6 Å². The Morgan fingerprint density at radius 1 is 1.00 bits per heavy atom. The van der Waals surface area contributed by atoms with Crippen LogP contribution in [0.3, 0.4) is 0 Å². The van der Waals surface area contributed by atoms with Crippen molar-refractivity contribution in [2.75, 3.05) is 26.2 Å². The van der Waals surface area contributed by atoms with Gasteiger partial charge in [0.1, 0.15) is 6.61 Å². The first-order valence-electron chi connectivity index (χ1n) is 9.60. The van der Waals surface area contributed by atoms with Crippen LogP contribution in [0.2, 0.25) is 0 Å². The number of rotatable bonds is 8. The third-order valence-electron chi connectivity index (χ3n) is 5.37. The summed E-state index contributed by atoms with van der Waals surface area (Å²) < 4.78 is 5.53. The average Bonchev–Trinajstić information content (AvgIpc) is 2.68. The van der Waals surface area contributed by atoms with Crippen molar-refractivity contribution < 1.29 is 14.6 Å². The maximum Gasteiger partial charge on any atom is 0.347 e. The number of carbonyl (C=O) groups is 1. The van der Waals surface area contributed by atoms with Gasteiger partial charge in [-0.3, -0.25) is 0 Å². The molecule has 2 aromatic carbocycles. The van der Waals surface area contributed by atoms with Gasteiger partial charge in [-0.2, -0.15) is 0 Å². The average molecular weight is 370 g/mol. The largest absolute Gasteiger partial charge is 0.462 e. The third kappa shape index (κ3) is 4.57. The van der Waals surface area contributed by atoms with Gasteiger partial charge in [0.25, 0.3) is 0 Å². The lowest BCUT2D eigenvalue weighted by Gasteiger charge is -2.29.